The molecular formula is C20H20ClN2OPS. The van der Waals surface area contributed by atoms with Crippen LogP contribution in [0.1, 0.15) is 11.1 Å². The lowest BCUT2D eigenvalue weighted by atomic mass is 10.2. The fourth-order valence-corrected chi connectivity index (χ4v) is 4.68. The standard InChI is InChI=1S/C20H20ClN2OPS/c21-19-13-7-8-14-20(19)24-25(26,22-15-17-9-3-1-4-10-17)23-16-18-11-5-2-6-12-18/h1-14H,15-16H2,(H2,22,23,26). The molecule has 0 amide bonds. The minimum atomic E-state index is -2.55. The average molecular weight is 403 g/mol. The normalized spacial score (nSPS) is 11.3. The highest BCUT2D eigenvalue weighted by Gasteiger charge is 2.20. The second-order valence-electron chi connectivity index (χ2n) is 5.71. The highest BCUT2D eigenvalue weighted by molar-refractivity contribution is 8.10. The summed E-state index contributed by atoms with van der Waals surface area (Å²) in [5.74, 6) is 0.582. The smallest absolute Gasteiger partial charge is 0.248 e. The van der Waals surface area contributed by atoms with E-state index in [-0.39, 0.29) is 0 Å². The van der Waals surface area contributed by atoms with Crippen LogP contribution in [-0.4, -0.2) is 0 Å². The number of para-hydroxylation sites is 1. The van der Waals surface area contributed by atoms with Crippen LogP contribution in [0.5, 0.6) is 5.75 Å². The summed E-state index contributed by atoms with van der Waals surface area (Å²) >= 11 is 12.1. The molecule has 0 aromatic heterocycles. The fraction of sp³-hybridized carbons (Fsp3) is 0.100. The molecule has 0 heterocycles. The van der Waals surface area contributed by atoms with Gasteiger partial charge in [0.1, 0.15) is 5.75 Å². The van der Waals surface area contributed by atoms with Crippen LogP contribution in [0.15, 0.2) is 84.9 Å². The molecule has 3 aromatic rings. The molecule has 3 rings (SSSR count). The lowest BCUT2D eigenvalue weighted by Crippen LogP contribution is -2.25. The van der Waals surface area contributed by atoms with Gasteiger partial charge in [0.05, 0.1) is 5.02 Å². The van der Waals surface area contributed by atoms with Crippen molar-refractivity contribution >= 4 is 30.0 Å². The van der Waals surface area contributed by atoms with Gasteiger partial charge in [-0.2, -0.15) is 0 Å². The van der Waals surface area contributed by atoms with Crippen molar-refractivity contribution in [1.29, 1.82) is 0 Å². The van der Waals surface area contributed by atoms with Crippen LogP contribution in [0, 0.1) is 0 Å². The van der Waals surface area contributed by atoms with Gasteiger partial charge >= 0.3 is 0 Å². The number of rotatable bonds is 8. The Morgan fingerprint density at radius 1 is 0.731 bits per heavy atom. The first-order valence-corrected chi connectivity index (χ1v) is 11.4. The Bertz CT molecular complexity index is 830. The molecule has 26 heavy (non-hydrogen) atoms. The third-order valence-corrected chi connectivity index (χ3v) is 6.64. The summed E-state index contributed by atoms with van der Waals surface area (Å²) in [5.41, 5.74) is 2.29. The van der Waals surface area contributed by atoms with Crippen molar-refractivity contribution in [2.45, 2.75) is 13.1 Å². The van der Waals surface area contributed by atoms with E-state index in [0.29, 0.717) is 23.9 Å². The summed E-state index contributed by atoms with van der Waals surface area (Å²) < 4.78 is 6.15. The third kappa shape index (κ3) is 5.66. The van der Waals surface area contributed by atoms with Crippen LogP contribution in [0.2, 0.25) is 5.02 Å². The van der Waals surface area contributed by atoms with Crippen molar-refractivity contribution in [1.82, 2.24) is 10.2 Å². The molecule has 2 N–H and O–H groups in total. The highest BCUT2D eigenvalue weighted by atomic mass is 35.5. The molecule has 0 fully saturated rings. The van der Waals surface area contributed by atoms with E-state index in [2.05, 4.69) is 34.4 Å². The van der Waals surface area contributed by atoms with Crippen LogP contribution in [0.4, 0.5) is 0 Å². The van der Waals surface area contributed by atoms with Crippen LogP contribution in [0.3, 0.4) is 0 Å². The first-order valence-electron chi connectivity index (χ1n) is 8.27. The van der Waals surface area contributed by atoms with Crippen LogP contribution >= 0.6 is 18.2 Å². The largest absolute Gasteiger partial charge is 0.440 e. The van der Waals surface area contributed by atoms with E-state index in [1.54, 1.807) is 6.07 Å². The zero-order chi connectivity index (χ0) is 18.2. The van der Waals surface area contributed by atoms with Gasteiger partial charge in [-0.05, 0) is 35.1 Å². The van der Waals surface area contributed by atoms with Gasteiger partial charge in [-0.1, -0.05) is 84.4 Å². The second-order valence-corrected chi connectivity index (χ2v) is 9.58. The highest BCUT2D eigenvalue weighted by Crippen LogP contribution is 2.42. The topological polar surface area (TPSA) is 33.3 Å². The maximum Gasteiger partial charge on any atom is 0.248 e. The van der Waals surface area contributed by atoms with E-state index >= 15 is 0 Å². The van der Waals surface area contributed by atoms with E-state index in [4.69, 9.17) is 27.9 Å². The lowest BCUT2D eigenvalue weighted by molar-refractivity contribution is 0.576. The fourth-order valence-electron chi connectivity index (χ4n) is 2.36. The first kappa shape index (κ1) is 19.1. The molecule has 0 spiro atoms. The molecule has 0 aliphatic heterocycles. The SMILES string of the molecule is S=P(NCc1ccccc1)(NCc1ccccc1)Oc1ccccc1Cl. The molecule has 0 bridgehead atoms. The quantitative estimate of drug-likeness (QED) is 0.486. The molecule has 0 saturated carbocycles. The Hall–Kier alpha value is -1.68. The number of nitrogens with one attached hydrogen (secondary N) is 2. The van der Waals surface area contributed by atoms with E-state index in [1.807, 2.05) is 54.6 Å². The Morgan fingerprint density at radius 3 is 1.69 bits per heavy atom. The third-order valence-electron chi connectivity index (χ3n) is 3.73. The Balaban J connectivity index is 1.75. The lowest BCUT2D eigenvalue weighted by Gasteiger charge is -2.26. The van der Waals surface area contributed by atoms with Crippen molar-refractivity contribution in [2.24, 2.45) is 0 Å². The number of hydrogen-bond acceptors (Lipinski definition) is 2. The summed E-state index contributed by atoms with van der Waals surface area (Å²) in [7, 11) is 0. The molecule has 0 aliphatic carbocycles. The number of halogens is 1. The summed E-state index contributed by atoms with van der Waals surface area (Å²) in [6.07, 6.45) is 0. The van der Waals surface area contributed by atoms with Crippen LogP contribution in [-0.2, 0) is 24.9 Å². The predicted octanol–water partition coefficient (Wildman–Crippen LogP) is 5.52. The van der Waals surface area contributed by atoms with E-state index in [1.165, 1.54) is 0 Å². The Kier molecular flexibility index (Phi) is 6.84. The second kappa shape index (κ2) is 9.31. The first-order chi connectivity index (χ1) is 12.6. The number of benzene rings is 3. The van der Waals surface area contributed by atoms with E-state index < -0.39 is 6.57 Å². The van der Waals surface area contributed by atoms with Gasteiger partial charge < -0.3 is 4.52 Å². The van der Waals surface area contributed by atoms with Gasteiger partial charge in [-0.25, -0.2) is 10.2 Å². The predicted molar refractivity (Wildman–Crippen MR) is 113 cm³/mol. The Labute approximate surface area is 164 Å². The van der Waals surface area contributed by atoms with E-state index in [9.17, 15) is 0 Å². The molecular weight excluding hydrogens is 383 g/mol. The van der Waals surface area contributed by atoms with Gasteiger partial charge in [0.15, 0.2) is 0 Å². The summed E-state index contributed by atoms with van der Waals surface area (Å²) in [5, 5.41) is 7.33. The van der Waals surface area contributed by atoms with Crippen molar-refractivity contribution in [2.75, 3.05) is 0 Å². The molecule has 0 saturated heterocycles. The van der Waals surface area contributed by atoms with Crippen molar-refractivity contribution < 1.29 is 4.52 Å². The van der Waals surface area contributed by atoms with Gasteiger partial charge in [-0.15, -0.1) is 0 Å². The zero-order valence-corrected chi connectivity index (χ0v) is 16.6. The van der Waals surface area contributed by atoms with Gasteiger partial charge in [0, 0.05) is 13.1 Å². The summed E-state index contributed by atoms with van der Waals surface area (Å²) in [4.78, 5) is 0. The monoisotopic (exact) mass is 402 g/mol. The molecule has 134 valence electrons. The van der Waals surface area contributed by atoms with Crippen molar-refractivity contribution in [3.63, 3.8) is 0 Å². The Morgan fingerprint density at radius 2 is 1.19 bits per heavy atom. The molecule has 0 radical (unpaired) electrons. The zero-order valence-electron chi connectivity index (χ0n) is 14.1. The summed E-state index contributed by atoms with van der Waals surface area (Å²) in [6, 6.07) is 27.6. The minimum Gasteiger partial charge on any atom is -0.440 e. The molecule has 3 aromatic carbocycles. The average Bonchev–Trinajstić information content (AvgIpc) is 2.69. The molecule has 6 heteroatoms. The number of hydrogen-bond donors (Lipinski definition) is 2. The van der Waals surface area contributed by atoms with E-state index in [0.717, 1.165) is 11.1 Å². The van der Waals surface area contributed by atoms with Crippen LogP contribution < -0.4 is 14.7 Å². The maximum absolute atomic E-state index is 6.26. The molecule has 0 atom stereocenters. The van der Waals surface area contributed by atoms with Gasteiger partial charge in [0.25, 0.3) is 0 Å². The van der Waals surface area contributed by atoms with Gasteiger partial charge in [-0.3, -0.25) is 0 Å². The van der Waals surface area contributed by atoms with Crippen molar-refractivity contribution in [3.05, 3.63) is 101 Å². The van der Waals surface area contributed by atoms with Crippen LogP contribution in [0.25, 0.3) is 0 Å². The van der Waals surface area contributed by atoms with Gasteiger partial charge in [0.2, 0.25) is 6.57 Å². The molecule has 3 nitrogen and oxygen atoms in total. The molecule has 0 aliphatic rings. The maximum atomic E-state index is 6.26. The molecule has 0 unspecified atom stereocenters. The minimum absolute atomic E-state index is 0.546. The summed E-state index contributed by atoms with van der Waals surface area (Å²) in [6.45, 7) is -1.32. The van der Waals surface area contributed by atoms with Crippen molar-refractivity contribution in [3.8, 4) is 5.75 Å².